The lowest BCUT2D eigenvalue weighted by Crippen LogP contribution is -2.00. The Balaban J connectivity index is 3.09. The predicted molar refractivity (Wildman–Crippen MR) is 67.6 cm³/mol. The molecule has 1 aromatic carbocycles. The predicted octanol–water partition coefficient (Wildman–Crippen LogP) is 3.72. The maximum absolute atomic E-state index is 6.03. The van der Waals surface area contributed by atoms with Gasteiger partial charge in [-0.05, 0) is 24.0 Å². The van der Waals surface area contributed by atoms with Gasteiger partial charge in [0.2, 0.25) is 0 Å². The molecule has 88 valence electrons. The van der Waals surface area contributed by atoms with Crippen LogP contribution in [0.25, 0.3) is 0 Å². The highest BCUT2D eigenvalue weighted by molar-refractivity contribution is 6.32. The Morgan fingerprint density at radius 3 is 2.44 bits per heavy atom. The summed E-state index contributed by atoms with van der Waals surface area (Å²) < 4.78 is 10.5. The first-order valence-corrected chi connectivity index (χ1v) is 5.53. The molecule has 0 aromatic heterocycles. The lowest BCUT2D eigenvalue weighted by molar-refractivity contribution is 0.397. The van der Waals surface area contributed by atoms with Gasteiger partial charge in [0, 0.05) is 6.07 Å². The molecule has 0 heterocycles. The summed E-state index contributed by atoms with van der Waals surface area (Å²) >= 11 is 6.03. The molecule has 0 saturated heterocycles. The Hall–Kier alpha value is -1.15. The number of halogens is 1. The van der Waals surface area contributed by atoms with Gasteiger partial charge in [0.25, 0.3) is 0 Å². The van der Waals surface area contributed by atoms with E-state index >= 15 is 0 Å². The average Bonchev–Trinajstić information content (AvgIpc) is 2.30. The highest BCUT2D eigenvalue weighted by Gasteiger charge is 2.11. The van der Waals surface area contributed by atoms with Crippen molar-refractivity contribution in [1.82, 2.24) is 0 Å². The first-order valence-electron chi connectivity index (χ1n) is 5.15. The van der Waals surface area contributed by atoms with E-state index in [9.17, 15) is 0 Å². The molecule has 1 aromatic rings. The number of methoxy groups -OCH3 is 2. The van der Waals surface area contributed by atoms with Gasteiger partial charge in [-0.15, -0.1) is 6.58 Å². The van der Waals surface area contributed by atoms with Gasteiger partial charge in [0.1, 0.15) is 11.5 Å². The highest BCUT2D eigenvalue weighted by atomic mass is 35.5. The smallest absolute Gasteiger partial charge is 0.137 e. The molecular formula is C13H17ClO2. The third kappa shape index (κ3) is 2.92. The third-order valence-electron chi connectivity index (χ3n) is 2.50. The average molecular weight is 241 g/mol. The molecule has 0 N–H and O–H groups in total. The third-order valence-corrected chi connectivity index (χ3v) is 2.79. The Morgan fingerprint density at radius 2 is 1.94 bits per heavy atom. The maximum atomic E-state index is 6.03. The second-order valence-corrected chi connectivity index (χ2v) is 4.12. The van der Waals surface area contributed by atoms with E-state index in [2.05, 4.69) is 13.5 Å². The molecule has 3 heteroatoms. The first-order chi connectivity index (χ1) is 7.62. The molecule has 0 radical (unpaired) electrons. The van der Waals surface area contributed by atoms with E-state index in [1.807, 2.05) is 12.1 Å². The van der Waals surface area contributed by atoms with Crippen LogP contribution in [0.15, 0.2) is 24.8 Å². The lowest BCUT2D eigenvalue weighted by Gasteiger charge is -2.13. The molecule has 0 aliphatic carbocycles. The van der Waals surface area contributed by atoms with Crippen molar-refractivity contribution < 1.29 is 9.47 Å². The number of hydrogen-bond donors (Lipinski definition) is 0. The zero-order valence-electron chi connectivity index (χ0n) is 9.92. The minimum atomic E-state index is 0.389. The summed E-state index contributed by atoms with van der Waals surface area (Å²) in [6.07, 6.45) is 2.78. The van der Waals surface area contributed by atoms with Crippen molar-refractivity contribution in [2.24, 2.45) is 5.92 Å². The van der Waals surface area contributed by atoms with Crippen LogP contribution in [0, 0.1) is 5.92 Å². The van der Waals surface area contributed by atoms with Crippen LogP contribution in [0.3, 0.4) is 0 Å². The van der Waals surface area contributed by atoms with Crippen molar-refractivity contribution in [1.29, 1.82) is 0 Å². The Kier molecular flexibility index (Phi) is 4.69. The fourth-order valence-corrected chi connectivity index (χ4v) is 1.74. The van der Waals surface area contributed by atoms with Crippen LogP contribution in [-0.4, -0.2) is 14.2 Å². The minimum absolute atomic E-state index is 0.389. The van der Waals surface area contributed by atoms with E-state index in [1.54, 1.807) is 20.3 Å². The van der Waals surface area contributed by atoms with E-state index < -0.39 is 0 Å². The second-order valence-electron chi connectivity index (χ2n) is 3.72. The van der Waals surface area contributed by atoms with Crippen LogP contribution in [0.2, 0.25) is 5.02 Å². The topological polar surface area (TPSA) is 18.5 Å². The molecule has 0 saturated carbocycles. The van der Waals surface area contributed by atoms with Crippen LogP contribution >= 0.6 is 11.6 Å². The summed E-state index contributed by atoms with van der Waals surface area (Å²) in [5.41, 5.74) is 1.08. The van der Waals surface area contributed by atoms with E-state index in [0.29, 0.717) is 16.7 Å². The van der Waals surface area contributed by atoms with E-state index in [0.717, 1.165) is 17.7 Å². The summed E-state index contributed by atoms with van der Waals surface area (Å²) in [4.78, 5) is 0. The van der Waals surface area contributed by atoms with Crippen LogP contribution in [-0.2, 0) is 6.42 Å². The molecule has 0 amide bonds. The molecule has 1 rings (SSSR count). The largest absolute Gasteiger partial charge is 0.496 e. The summed E-state index contributed by atoms with van der Waals surface area (Å²) in [6, 6.07) is 3.70. The maximum Gasteiger partial charge on any atom is 0.137 e. The first kappa shape index (κ1) is 12.9. The number of hydrogen-bond acceptors (Lipinski definition) is 2. The molecule has 0 fully saturated rings. The fraction of sp³-hybridized carbons (Fsp3) is 0.385. The van der Waals surface area contributed by atoms with Gasteiger partial charge in [-0.3, -0.25) is 0 Å². The van der Waals surface area contributed by atoms with Crippen molar-refractivity contribution >= 4 is 11.6 Å². The minimum Gasteiger partial charge on any atom is -0.496 e. The number of allylic oxidation sites excluding steroid dienone is 1. The summed E-state index contributed by atoms with van der Waals surface area (Å²) in [5, 5.41) is 0.564. The molecule has 0 aliphatic heterocycles. The summed E-state index contributed by atoms with van der Waals surface area (Å²) in [6.45, 7) is 5.88. The van der Waals surface area contributed by atoms with Crippen molar-refractivity contribution in [3.63, 3.8) is 0 Å². The summed E-state index contributed by atoms with van der Waals surface area (Å²) in [5.74, 6) is 1.85. The van der Waals surface area contributed by atoms with E-state index in [-0.39, 0.29) is 0 Å². The van der Waals surface area contributed by atoms with Crippen LogP contribution in [0.4, 0.5) is 0 Å². The number of ether oxygens (including phenoxy) is 2. The number of benzene rings is 1. The standard InChI is InChI=1S/C13H17ClO2/c1-5-9(2)6-10-7-13(16-4)11(14)8-12(10)15-3/h5,7-9H,1,6H2,2-4H3. The van der Waals surface area contributed by atoms with Gasteiger partial charge in [-0.2, -0.15) is 0 Å². The van der Waals surface area contributed by atoms with E-state index in [1.165, 1.54) is 0 Å². The SMILES string of the molecule is C=CC(C)Cc1cc(OC)c(Cl)cc1OC. The van der Waals surface area contributed by atoms with Gasteiger partial charge in [0.15, 0.2) is 0 Å². The van der Waals surface area contributed by atoms with E-state index in [4.69, 9.17) is 21.1 Å². The monoisotopic (exact) mass is 240 g/mol. The van der Waals surface area contributed by atoms with Crippen molar-refractivity contribution in [2.75, 3.05) is 14.2 Å². The Bertz CT molecular complexity index is 374. The molecular weight excluding hydrogens is 224 g/mol. The van der Waals surface area contributed by atoms with Gasteiger partial charge in [-0.1, -0.05) is 24.6 Å². The molecule has 0 spiro atoms. The van der Waals surface area contributed by atoms with Crippen molar-refractivity contribution in [3.8, 4) is 11.5 Å². The van der Waals surface area contributed by atoms with Gasteiger partial charge >= 0.3 is 0 Å². The fourth-order valence-electron chi connectivity index (χ4n) is 1.51. The second kappa shape index (κ2) is 5.80. The molecule has 2 nitrogen and oxygen atoms in total. The molecule has 1 atom stereocenters. The van der Waals surface area contributed by atoms with Gasteiger partial charge in [-0.25, -0.2) is 0 Å². The van der Waals surface area contributed by atoms with Crippen LogP contribution in [0.5, 0.6) is 11.5 Å². The lowest BCUT2D eigenvalue weighted by atomic mass is 10.0. The molecule has 16 heavy (non-hydrogen) atoms. The Labute approximate surface area is 102 Å². The van der Waals surface area contributed by atoms with Gasteiger partial charge in [0.05, 0.1) is 19.2 Å². The molecule has 0 bridgehead atoms. The summed E-state index contributed by atoms with van der Waals surface area (Å²) in [7, 11) is 3.24. The zero-order chi connectivity index (χ0) is 12.1. The van der Waals surface area contributed by atoms with Crippen molar-refractivity contribution in [3.05, 3.63) is 35.4 Å². The van der Waals surface area contributed by atoms with Gasteiger partial charge < -0.3 is 9.47 Å². The normalized spacial score (nSPS) is 12.0. The quantitative estimate of drug-likeness (QED) is 0.731. The zero-order valence-corrected chi connectivity index (χ0v) is 10.7. The van der Waals surface area contributed by atoms with Crippen LogP contribution < -0.4 is 9.47 Å². The highest BCUT2D eigenvalue weighted by Crippen LogP contribution is 2.33. The van der Waals surface area contributed by atoms with Crippen molar-refractivity contribution in [2.45, 2.75) is 13.3 Å². The number of rotatable bonds is 5. The van der Waals surface area contributed by atoms with Crippen LogP contribution in [0.1, 0.15) is 12.5 Å². The molecule has 1 unspecified atom stereocenters. The Morgan fingerprint density at radius 1 is 1.31 bits per heavy atom. The molecule has 0 aliphatic rings.